The van der Waals surface area contributed by atoms with Gasteiger partial charge in [-0.25, -0.2) is 4.79 Å². The normalized spacial score (nSPS) is 26.3. The van der Waals surface area contributed by atoms with Gasteiger partial charge in [0.05, 0.1) is 5.56 Å². The van der Waals surface area contributed by atoms with Gasteiger partial charge >= 0.3 is 5.97 Å². The number of anilines is 1. The highest BCUT2D eigenvalue weighted by atomic mass is 16.4. The summed E-state index contributed by atoms with van der Waals surface area (Å²) in [4.78, 5) is 13.6. The quantitative estimate of drug-likeness (QED) is 0.885. The molecule has 2 atom stereocenters. The lowest BCUT2D eigenvalue weighted by Gasteiger charge is -2.36. The van der Waals surface area contributed by atoms with Gasteiger partial charge in [-0.1, -0.05) is 25.8 Å². The average Bonchev–Trinajstić information content (AvgIpc) is 2.81. The molecular weight excluding hydrogens is 238 g/mol. The van der Waals surface area contributed by atoms with Crippen LogP contribution in [0.4, 0.5) is 5.69 Å². The largest absolute Gasteiger partial charge is 0.478 e. The summed E-state index contributed by atoms with van der Waals surface area (Å²) in [5.74, 6) is -0.0304. The van der Waals surface area contributed by atoms with Crippen molar-refractivity contribution in [1.29, 1.82) is 0 Å². The summed E-state index contributed by atoms with van der Waals surface area (Å²) in [5, 5.41) is 9.14. The van der Waals surface area contributed by atoms with Crippen molar-refractivity contribution in [2.24, 2.45) is 5.92 Å². The zero-order valence-electron chi connectivity index (χ0n) is 11.4. The Kier molecular flexibility index (Phi) is 3.21. The topological polar surface area (TPSA) is 40.5 Å². The zero-order chi connectivity index (χ0) is 13.4. The number of hydrogen-bond donors (Lipinski definition) is 1. The SMILES string of the molecule is CC1CCCC(N2CCc3ccc(C(=O)O)cc32)C1. The molecule has 1 aliphatic carbocycles. The van der Waals surface area contributed by atoms with E-state index in [2.05, 4.69) is 11.8 Å². The molecule has 0 saturated heterocycles. The highest BCUT2D eigenvalue weighted by molar-refractivity contribution is 5.89. The predicted octanol–water partition coefficient (Wildman–Crippen LogP) is 3.33. The van der Waals surface area contributed by atoms with Crippen molar-refractivity contribution < 1.29 is 9.90 Å². The molecule has 3 heteroatoms. The molecule has 1 aliphatic heterocycles. The first kappa shape index (κ1) is 12.5. The molecule has 0 spiro atoms. The van der Waals surface area contributed by atoms with Gasteiger partial charge in [-0.3, -0.25) is 0 Å². The van der Waals surface area contributed by atoms with Gasteiger partial charge in [-0.05, 0) is 42.9 Å². The molecule has 0 radical (unpaired) electrons. The molecule has 1 fully saturated rings. The van der Waals surface area contributed by atoms with Gasteiger partial charge in [0.2, 0.25) is 0 Å². The molecule has 2 aliphatic rings. The zero-order valence-corrected chi connectivity index (χ0v) is 11.4. The monoisotopic (exact) mass is 259 g/mol. The van der Waals surface area contributed by atoms with Crippen molar-refractivity contribution in [3.63, 3.8) is 0 Å². The van der Waals surface area contributed by atoms with Crippen LogP contribution >= 0.6 is 0 Å². The van der Waals surface area contributed by atoms with Crippen molar-refractivity contribution in [2.75, 3.05) is 11.4 Å². The van der Waals surface area contributed by atoms with Crippen LogP contribution in [0, 0.1) is 5.92 Å². The third-order valence-electron chi connectivity index (χ3n) is 4.61. The molecular formula is C16H21NO2. The smallest absolute Gasteiger partial charge is 0.335 e. The maximum Gasteiger partial charge on any atom is 0.335 e. The molecule has 1 aromatic carbocycles. The van der Waals surface area contributed by atoms with Gasteiger partial charge in [0.15, 0.2) is 0 Å². The van der Waals surface area contributed by atoms with E-state index in [1.54, 1.807) is 6.07 Å². The summed E-state index contributed by atoms with van der Waals surface area (Å²) in [5.41, 5.74) is 2.89. The summed E-state index contributed by atoms with van der Waals surface area (Å²) in [6, 6.07) is 6.19. The van der Waals surface area contributed by atoms with Crippen LogP contribution in [0.2, 0.25) is 0 Å². The van der Waals surface area contributed by atoms with Gasteiger partial charge in [-0.2, -0.15) is 0 Å². The van der Waals surface area contributed by atoms with E-state index in [0.29, 0.717) is 11.6 Å². The van der Waals surface area contributed by atoms with Crippen LogP contribution in [0.3, 0.4) is 0 Å². The van der Waals surface area contributed by atoms with Crippen LogP contribution in [-0.4, -0.2) is 23.7 Å². The molecule has 2 unspecified atom stereocenters. The fraction of sp³-hybridized carbons (Fsp3) is 0.562. The van der Waals surface area contributed by atoms with Crippen molar-refractivity contribution in [3.8, 4) is 0 Å². The molecule has 3 rings (SSSR count). The number of carboxylic acids is 1. The second-order valence-corrected chi connectivity index (χ2v) is 6.02. The molecule has 0 bridgehead atoms. The molecule has 1 heterocycles. The van der Waals surface area contributed by atoms with Gasteiger partial charge < -0.3 is 10.0 Å². The maximum atomic E-state index is 11.1. The number of benzene rings is 1. The fourth-order valence-corrected chi connectivity index (χ4v) is 3.60. The molecule has 19 heavy (non-hydrogen) atoms. The Hall–Kier alpha value is -1.51. The van der Waals surface area contributed by atoms with Gasteiger partial charge in [0, 0.05) is 18.3 Å². The second kappa shape index (κ2) is 4.87. The summed E-state index contributed by atoms with van der Waals surface area (Å²) in [6.07, 6.45) is 6.20. The summed E-state index contributed by atoms with van der Waals surface area (Å²) in [6.45, 7) is 3.38. The van der Waals surface area contributed by atoms with Crippen LogP contribution in [0.1, 0.15) is 48.5 Å². The van der Waals surface area contributed by atoms with Crippen molar-refractivity contribution >= 4 is 11.7 Å². The lowest BCUT2D eigenvalue weighted by atomic mass is 9.86. The lowest BCUT2D eigenvalue weighted by molar-refractivity contribution is 0.0697. The van der Waals surface area contributed by atoms with E-state index in [-0.39, 0.29) is 0 Å². The van der Waals surface area contributed by atoms with Crippen LogP contribution in [0.25, 0.3) is 0 Å². The Balaban J connectivity index is 1.87. The number of rotatable bonds is 2. The number of aromatic carboxylic acids is 1. The summed E-state index contributed by atoms with van der Waals surface area (Å²) < 4.78 is 0. The third kappa shape index (κ3) is 2.34. The Labute approximate surface area is 114 Å². The summed E-state index contributed by atoms with van der Waals surface area (Å²) in [7, 11) is 0. The van der Waals surface area contributed by atoms with E-state index in [0.717, 1.165) is 18.9 Å². The number of hydrogen-bond acceptors (Lipinski definition) is 2. The van der Waals surface area contributed by atoms with E-state index < -0.39 is 5.97 Å². The molecule has 0 aromatic heterocycles. The fourth-order valence-electron chi connectivity index (χ4n) is 3.60. The van der Waals surface area contributed by atoms with E-state index in [1.807, 2.05) is 12.1 Å². The second-order valence-electron chi connectivity index (χ2n) is 6.02. The number of carboxylic acid groups (broad SMARTS) is 1. The van der Waals surface area contributed by atoms with Gasteiger partial charge in [-0.15, -0.1) is 0 Å². The first-order valence-electron chi connectivity index (χ1n) is 7.28. The highest BCUT2D eigenvalue weighted by Gasteiger charge is 2.29. The van der Waals surface area contributed by atoms with E-state index in [9.17, 15) is 4.79 Å². The van der Waals surface area contributed by atoms with Crippen molar-refractivity contribution in [2.45, 2.75) is 45.1 Å². The molecule has 3 nitrogen and oxygen atoms in total. The van der Waals surface area contributed by atoms with Crippen LogP contribution in [0.15, 0.2) is 18.2 Å². The van der Waals surface area contributed by atoms with Crippen molar-refractivity contribution in [3.05, 3.63) is 29.3 Å². The first-order valence-corrected chi connectivity index (χ1v) is 7.28. The van der Waals surface area contributed by atoms with Gasteiger partial charge in [0.25, 0.3) is 0 Å². The Morgan fingerprint density at radius 1 is 1.37 bits per heavy atom. The van der Waals surface area contributed by atoms with Crippen LogP contribution in [0.5, 0.6) is 0 Å². The minimum atomic E-state index is -0.827. The number of fused-ring (bicyclic) bond motifs is 1. The standard InChI is InChI=1S/C16H21NO2/c1-11-3-2-4-14(9-11)17-8-7-12-5-6-13(16(18)19)10-15(12)17/h5-6,10-11,14H,2-4,7-9H2,1H3,(H,18,19). The third-order valence-corrected chi connectivity index (χ3v) is 4.61. The molecule has 0 amide bonds. The van der Waals surface area contributed by atoms with Crippen molar-refractivity contribution in [1.82, 2.24) is 0 Å². The minimum Gasteiger partial charge on any atom is -0.478 e. The van der Waals surface area contributed by atoms with E-state index in [4.69, 9.17) is 5.11 Å². The Morgan fingerprint density at radius 2 is 2.21 bits per heavy atom. The summed E-state index contributed by atoms with van der Waals surface area (Å²) >= 11 is 0. The minimum absolute atomic E-state index is 0.412. The first-order chi connectivity index (χ1) is 9.15. The number of carbonyl (C=O) groups is 1. The Morgan fingerprint density at radius 3 is 2.95 bits per heavy atom. The Bertz CT molecular complexity index is 498. The average molecular weight is 259 g/mol. The maximum absolute atomic E-state index is 11.1. The van der Waals surface area contributed by atoms with Crippen LogP contribution in [-0.2, 0) is 6.42 Å². The molecule has 1 saturated carbocycles. The number of nitrogens with zero attached hydrogens (tertiary/aromatic N) is 1. The van der Waals surface area contributed by atoms with Crippen LogP contribution < -0.4 is 4.90 Å². The molecule has 1 aromatic rings. The molecule has 102 valence electrons. The highest BCUT2D eigenvalue weighted by Crippen LogP contribution is 2.36. The predicted molar refractivity (Wildman–Crippen MR) is 75.9 cm³/mol. The van der Waals surface area contributed by atoms with Gasteiger partial charge in [0.1, 0.15) is 0 Å². The molecule has 1 N–H and O–H groups in total. The van der Waals surface area contributed by atoms with E-state index in [1.165, 1.54) is 36.9 Å². The van der Waals surface area contributed by atoms with E-state index >= 15 is 0 Å². The lowest BCUT2D eigenvalue weighted by Crippen LogP contribution is -2.37.